The number of aliphatic hydroxyl groups is 2. The molecular weight excluding hydrogens is 108 g/mol. The van der Waals surface area contributed by atoms with Crippen molar-refractivity contribution in [3.63, 3.8) is 0 Å². The summed E-state index contributed by atoms with van der Waals surface area (Å²) >= 11 is 0. The minimum absolute atomic E-state index is 0.360. The van der Waals surface area contributed by atoms with E-state index < -0.39 is 5.79 Å². The van der Waals surface area contributed by atoms with Crippen LogP contribution in [0, 0.1) is 0 Å². The lowest BCUT2D eigenvalue weighted by Crippen LogP contribution is -2.32. The molecule has 0 fully saturated rings. The van der Waals surface area contributed by atoms with Gasteiger partial charge in [0.2, 0.25) is 0 Å². The molecule has 0 aromatic rings. The molecule has 8 heavy (non-hydrogen) atoms. The van der Waals surface area contributed by atoms with Gasteiger partial charge in [-0.3, -0.25) is 0 Å². The zero-order chi connectivity index (χ0) is 6.62. The Morgan fingerprint density at radius 1 is 1.62 bits per heavy atom. The van der Waals surface area contributed by atoms with Crippen LogP contribution in [0.3, 0.4) is 0 Å². The zero-order valence-corrected chi connectivity index (χ0v) is 5.22. The lowest BCUT2D eigenvalue weighted by molar-refractivity contribution is -0.208. The highest BCUT2D eigenvalue weighted by molar-refractivity contribution is 4.53. The van der Waals surface area contributed by atoms with Crippen LogP contribution < -0.4 is 0 Å². The van der Waals surface area contributed by atoms with E-state index >= 15 is 0 Å². The topological polar surface area (TPSA) is 49.7 Å². The summed E-state index contributed by atoms with van der Waals surface area (Å²) < 4.78 is 4.68. The second-order valence-electron chi connectivity index (χ2n) is 1.77. The van der Waals surface area contributed by atoms with E-state index in [1.54, 1.807) is 6.92 Å². The van der Waals surface area contributed by atoms with Gasteiger partial charge in [0.15, 0.2) is 5.79 Å². The highest BCUT2D eigenvalue weighted by Gasteiger charge is 2.17. The monoisotopic (exact) mass is 120 g/mol. The SMILES string of the molecule is CCO[C@](C)(O)CO. The molecule has 50 valence electrons. The van der Waals surface area contributed by atoms with Crippen LogP contribution in [-0.2, 0) is 4.74 Å². The molecule has 0 aromatic carbocycles. The molecule has 0 bridgehead atoms. The summed E-state index contributed by atoms with van der Waals surface area (Å²) in [6, 6.07) is 0. The van der Waals surface area contributed by atoms with E-state index in [2.05, 4.69) is 4.74 Å². The van der Waals surface area contributed by atoms with Gasteiger partial charge in [0.25, 0.3) is 0 Å². The Labute approximate surface area is 48.9 Å². The molecule has 3 heteroatoms. The number of aliphatic hydroxyl groups excluding tert-OH is 1. The lowest BCUT2D eigenvalue weighted by atomic mass is 10.3. The molecule has 3 nitrogen and oxygen atoms in total. The van der Waals surface area contributed by atoms with Crippen LogP contribution in [0.1, 0.15) is 13.8 Å². The van der Waals surface area contributed by atoms with Crippen molar-refractivity contribution in [1.29, 1.82) is 0 Å². The summed E-state index contributed by atoms with van der Waals surface area (Å²) in [6.45, 7) is 3.22. The second kappa shape index (κ2) is 3.02. The standard InChI is InChI=1S/C5H12O3/c1-3-8-5(2,7)4-6/h6-7H,3-4H2,1-2H3/t5-/m0/s1. The van der Waals surface area contributed by atoms with Gasteiger partial charge in [0.1, 0.15) is 0 Å². The van der Waals surface area contributed by atoms with Crippen LogP contribution in [-0.4, -0.2) is 29.2 Å². The van der Waals surface area contributed by atoms with Crippen LogP contribution in [0.5, 0.6) is 0 Å². The second-order valence-corrected chi connectivity index (χ2v) is 1.77. The predicted octanol–water partition coefficient (Wildman–Crippen LogP) is -0.276. The van der Waals surface area contributed by atoms with Crippen LogP contribution in [0.25, 0.3) is 0 Å². The molecule has 0 saturated heterocycles. The number of hydrogen-bond donors (Lipinski definition) is 2. The highest BCUT2D eigenvalue weighted by Crippen LogP contribution is 2.01. The van der Waals surface area contributed by atoms with E-state index in [9.17, 15) is 0 Å². The first-order valence-electron chi connectivity index (χ1n) is 2.59. The zero-order valence-electron chi connectivity index (χ0n) is 5.22. The van der Waals surface area contributed by atoms with Gasteiger partial charge in [0, 0.05) is 6.61 Å². The maximum Gasteiger partial charge on any atom is 0.186 e. The van der Waals surface area contributed by atoms with Gasteiger partial charge in [-0.25, -0.2) is 0 Å². The van der Waals surface area contributed by atoms with Crippen molar-refractivity contribution in [2.24, 2.45) is 0 Å². The first-order chi connectivity index (χ1) is 3.62. The molecule has 1 atom stereocenters. The molecule has 0 unspecified atom stereocenters. The molecule has 0 radical (unpaired) electrons. The average molecular weight is 120 g/mol. The van der Waals surface area contributed by atoms with Gasteiger partial charge in [-0.05, 0) is 13.8 Å². The summed E-state index contributed by atoms with van der Waals surface area (Å²) in [5.41, 5.74) is 0. The van der Waals surface area contributed by atoms with Crippen LogP contribution in [0.4, 0.5) is 0 Å². The number of ether oxygens (including phenoxy) is 1. The lowest BCUT2D eigenvalue weighted by Gasteiger charge is -2.19. The Bertz CT molecular complexity index is 60.7. The smallest absolute Gasteiger partial charge is 0.186 e. The molecule has 0 aromatic heterocycles. The Morgan fingerprint density at radius 3 is 2.25 bits per heavy atom. The van der Waals surface area contributed by atoms with Gasteiger partial charge in [-0.1, -0.05) is 0 Å². The molecule has 0 aliphatic rings. The maximum atomic E-state index is 8.85. The summed E-state index contributed by atoms with van der Waals surface area (Å²) in [5.74, 6) is -1.35. The Kier molecular flexibility index (Phi) is 2.97. The first-order valence-corrected chi connectivity index (χ1v) is 2.59. The van der Waals surface area contributed by atoms with Gasteiger partial charge < -0.3 is 14.9 Å². The first kappa shape index (κ1) is 7.88. The van der Waals surface area contributed by atoms with Crippen molar-refractivity contribution in [3.8, 4) is 0 Å². The van der Waals surface area contributed by atoms with Gasteiger partial charge >= 0.3 is 0 Å². The van der Waals surface area contributed by atoms with E-state index in [4.69, 9.17) is 10.2 Å². The van der Waals surface area contributed by atoms with Crippen molar-refractivity contribution in [2.45, 2.75) is 19.6 Å². The molecule has 0 aliphatic carbocycles. The third-order valence-electron chi connectivity index (χ3n) is 0.749. The molecule has 0 rings (SSSR count). The van der Waals surface area contributed by atoms with Crippen molar-refractivity contribution >= 4 is 0 Å². The Balaban J connectivity index is 3.37. The van der Waals surface area contributed by atoms with Gasteiger partial charge in [-0.15, -0.1) is 0 Å². The summed E-state index contributed by atoms with van der Waals surface area (Å²) in [6.07, 6.45) is 0. The third kappa shape index (κ3) is 2.96. The average Bonchev–Trinajstić information content (AvgIpc) is 1.67. The summed E-state index contributed by atoms with van der Waals surface area (Å²) in [5, 5.41) is 17.2. The van der Waals surface area contributed by atoms with Crippen molar-refractivity contribution < 1.29 is 14.9 Å². The summed E-state index contributed by atoms with van der Waals surface area (Å²) in [4.78, 5) is 0. The Hall–Kier alpha value is -0.120. The van der Waals surface area contributed by atoms with Crippen LogP contribution >= 0.6 is 0 Å². The fourth-order valence-electron chi connectivity index (χ4n) is 0.357. The molecule has 0 spiro atoms. The van der Waals surface area contributed by atoms with Crippen LogP contribution in [0.15, 0.2) is 0 Å². The Morgan fingerprint density at radius 2 is 2.12 bits per heavy atom. The quantitative estimate of drug-likeness (QED) is 0.504. The van der Waals surface area contributed by atoms with E-state index in [1.807, 2.05) is 0 Å². The predicted molar refractivity (Wildman–Crippen MR) is 29.3 cm³/mol. The summed E-state index contributed by atoms with van der Waals surface area (Å²) in [7, 11) is 0. The van der Waals surface area contributed by atoms with Crippen LogP contribution in [0.2, 0.25) is 0 Å². The molecule has 0 heterocycles. The number of rotatable bonds is 3. The third-order valence-corrected chi connectivity index (χ3v) is 0.749. The molecule has 0 saturated carbocycles. The molecule has 2 N–H and O–H groups in total. The fourth-order valence-corrected chi connectivity index (χ4v) is 0.357. The molecule has 0 amide bonds. The molecule has 0 aliphatic heterocycles. The van der Waals surface area contributed by atoms with Gasteiger partial charge in [0.05, 0.1) is 6.61 Å². The molecular formula is C5H12O3. The highest BCUT2D eigenvalue weighted by atomic mass is 16.6. The van der Waals surface area contributed by atoms with E-state index in [0.29, 0.717) is 6.61 Å². The maximum absolute atomic E-state index is 8.85. The minimum Gasteiger partial charge on any atom is -0.391 e. The minimum atomic E-state index is -1.35. The van der Waals surface area contributed by atoms with E-state index in [1.165, 1.54) is 6.92 Å². The fraction of sp³-hybridized carbons (Fsp3) is 1.00. The number of hydrogen-bond acceptors (Lipinski definition) is 3. The van der Waals surface area contributed by atoms with Crippen molar-refractivity contribution in [1.82, 2.24) is 0 Å². The normalized spacial score (nSPS) is 18.0. The van der Waals surface area contributed by atoms with E-state index in [-0.39, 0.29) is 6.61 Å². The van der Waals surface area contributed by atoms with E-state index in [0.717, 1.165) is 0 Å². The van der Waals surface area contributed by atoms with Gasteiger partial charge in [-0.2, -0.15) is 0 Å². The largest absolute Gasteiger partial charge is 0.391 e. The van der Waals surface area contributed by atoms with Crippen molar-refractivity contribution in [3.05, 3.63) is 0 Å². The van der Waals surface area contributed by atoms with Crippen molar-refractivity contribution in [2.75, 3.05) is 13.2 Å².